The molecule has 92 valence electrons. The Balaban J connectivity index is 2.09. The summed E-state index contributed by atoms with van der Waals surface area (Å²) >= 11 is 0. The first-order chi connectivity index (χ1) is 9.24. The minimum absolute atomic E-state index is 0.0137. The van der Waals surface area contributed by atoms with Crippen molar-refractivity contribution in [2.24, 2.45) is 0 Å². The van der Waals surface area contributed by atoms with Gasteiger partial charge in [0, 0.05) is 11.1 Å². The summed E-state index contributed by atoms with van der Waals surface area (Å²) in [6, 6.07) is 3.96. The molecule has 2 aliphatic carbocycles. The van der Waals surface area contributed by atoms with Crippen LogP contribution in [0, 0.1) is 0 Å². The van der Waals surface area contributed by atoms with Crippen molar-refractivity contribution in [2.75, 3.05) is 6.61 Å². The molecule has 19 heavy (non-hydrogen) atoms. The average molecular weight is 250 g/mol. The predicted octanol–water partition coefficient (Wildman–Crippen LogP) is 0.714. The van der Waals surface area contributed by atoms with E-state index in [1.54, 1.807) is 6.08 Å². The van der Waals surface area contributed by atoms with E-state index in [0.29, 0.717) is 0 Å². The molecule has 4 rings (SSSR count). The first-order valence-electron chi connectivity index (χ1n) is 6.19. The minimum atomic E-state index is -0.263. The van der Waals surface area contributed by atoms with Gasteiger partial charge in [-0.25, -0.2) is 0 Å². The molecule has 0 atom stereocenters. The number of benzene rings is 1. The fraction of sp³-hybridized carbons (Fsp3) is 0.125. The summed E-state index contributed by atoms with van der Waals surface area (Å²) in [6.07, 6.45) is 7.68. The number of rotatable bonds is 0. The fourth-order valence-corrected chi connectivity index (χ4v) is 2.90. The smallest absolute Gasteiger partial charge is 0.310 e. The molecule has 3 nitrogen and oxygen atoms in total. The number of esters is 1. The highest BCUT2D eigenvalue weighted by Gasteiger charge is 2.27. The summed E-state index contributed by atoms with van der Waals surface area (Å²) in [7, 11) is 0. The molecule has 1 heterocycles. The van der Waals surface area contributed by atoms with Gasteiger partial charge in [0.25, 0.3) is 0 Å². The van der Waals surface area contributed by atoms with Gasteiger partial charge in [0.05, 0.1) is 6.42 Å². The number of allylic oxidation sites excluding steroid dienone is 2. The van der Waals surface area contributed by atoms with Gasteiger partial charge in [-0.2, -0.15) is 0 Å². The van der Waals surface area contributed by atoms with Gasteiger partial charge in [-0.1, -0.05) is 30.4 Å². The molecular weight excluding hydrogens is 240 g/mol. The van der Waals surface area contributed by atoms with E-state index in [2.05, 4.69) is 0 Å². The monoisotopic (exact) mass is 250 g/mol. The summed E-state index contributed by atoms with van der Waals surface area (Å²) < 4.78 is 5.10. The fourth-order valence-electron chi connectivity index (χ4n) is 2.90. The van der Waals surface area contributed by atoms with Gasteiger partial charge >= 0.3 is 5.97 Å². The second kappa shape index (κ2) is 3.54. The van der Waals surface area contributed by atoms with E-state index >= 15 is 0 Å². The molecular formula is C16H10O3. The molecule has 0 unspecified atom stereocenters. The zero-order chi connectivity index (χ0) is 13.0. The Morgan fingerprint density at radius 2 is 2.05 bits per heavy atom. The first-order valence-corrected chi connectivity index (χ1v) is 6.19. The number of carbonyl (C=O) groups is 2. The second-order valence-electron chi connectivity index (χ2n) is 4.87. The Morgan fingerprint density at radius 1 is 1.16 bits per heavy atom. The van der Waals surface area contributed by atoms with E-state index in [1.807, 2.05) is 30.4 Å². The molecule has 1 aromatic carbocycles. The van der Waals surface area contributed by atoms with Gasteiger partial charge in [-0.15, -0.1) is 0 Å². The average Bonchev–Trinajstić information content (AvgIpc) is 2.86. The number of carbonyl (C=O) groups excluding carboxylic acids is 2. The zero-order valence-electron chi connectivity index (χ0n) is 10.1. The Kier molecular flexibility index (Phi) is 1.96. The van der Waals surface area contributed by atoms with E-state index in [4.69, 9.17) is 4.74 Å². The molecule has 3 aliphatic rings. The van der Waals surface area contributed by atoms with Crippen molar-refractivity contribution in [1.82, 2.24) is 0 Å². The third-order valence-electron chi connectivity index (χ3n) is 3.79. The Hall–Kier alpha value is -2.42. The lowest BCUT2D eigenvalue weighted by atomic mass is 9.86. The molecule has 0 saturated carbocycles. The number of ketones is 1. The zero-order valence-corrected chi connectivity index (χ0v) is 10.1. The van der Waals surface area contributed by atoms with Crippen molar-refractivity contribution in [3.05, 3.63) is 51.4 Å². The molecule has 1 saturated heterocycles. The Bertz CT molecular complexity index is 822. The SMILES string of the molecule is O=C1CC2=CC(=O)c3c4c(ccc3=C2CO1)=CC=C4. The third-order valence-corrected chi connectivity index (χ3v) is 3.79. The van der Waals surface area contributed by atoms with Crippen LogP contribution in [0.2, 0.25) is 0 Å². The van der Waals surface area contributed by atoms with E-state index in [9.17, 15) is 9.59 Å². The molecule has 0 amide bonds. The molecule has 0 bridgehead atoms. The number of hydrogen-bond donors (Lipinski definition) is 0. The molecule has 0 aromatic heterocycles. The maximum absolute atomic E-state index is 12.3. The van der Waals surface area contributed by atoms with Gasteiger partial charge in [-0.05, 0) is 27.6 Å². The summed E-state index contributed by atoms with van der Waals surface area (Å²) in [6.45, 7) is 0.261. The Morgan fingerprint density at radius 3 is 2.95 bits per heavy atom. The van der Waals surface area contributed by atoms with Crippen molar-refractivity contribution in [1.29, 1.82) is 0 Å². The van der Waals surface area contributed by atoms with E-state index < -0.39 is 0 Å². The van der Waals surface area contributed by atoms with Gasteiger partial charge < -0.3 is 4.74 Å². The molecule has 1 fully saturated rings. The highest BCUT2D eigenvalue weighted by Crippen LogP contribution is 2.26. The summed E-state index contributed by atoms with van der Waals surface area (Å²) in [5.41, 5.74) is 3.48. The molecule has 3 heteroatoms. The maximum Gasteiger partial charge on any atom is 0.310 e. The highest BCUT2D eigenvalue weighted by atomic mass is 16.5. The van der Waals surface area contributed by atoms with Gasteiger partial charge in [0.1, 0.15) is 6.61 Å². The number of fused-ring (bicyclic) bond motifs is 4. The van der Waals surface area contributed by atoms with E-state index in [-0.39, 0.29) is 24.8 Å². The molecule has 0 N–H and O–H groups in total. The third kappa shape index (κ3) is 1.38. The molecule has 1 aromatic rings. The van der Waals surface area contributed by atoms with Crippen LogP contribution >= 0.6 is 0 Å². The quantitative estimate of drug-likeness (QED) is 0.637. The van der Waals surface area contributed by atoms with Crippen LogP contribution < -0.4 is 10.4 Å². The lowest BCUT2D eigenvalue weighted by Gasteiger charge is -2.22. The summed E-state index contributed by atoms with van der Waals surface area (Å²) in [5, 5.41) is 1.98. The van der Waals surface area contributed by atoms with Gasteiger partial charge in [0.2, 0.25) is 0 Å². The van der Waals surface area contributed by atoms with Crippen LogP contribution in [0.1, 0.15) is 22.3 Å². The van der Waals surface area contributed by atoms with Crippen LogP contribution in [0.15, 0.2) is 29.9 Å². The molecule has 0 radical (unpaired) electrons. The van der Waals surface area contributed by atoms with Gasteiger partial charge in [0.15, 0.2) is 5.78 Å². The number of ether oxygens (including phenoxy) is 1. The second-order valence-corrected chi connectivity index (χ2v) is 4.87. The topological polar surface area (TPSA) is 43.4 Å². The van der Waals surface area contributed by atoms with Crippen LogP contribution in [-0.2, 0) is 9.53 Å². The minimum Gasteiger partial charge on any atom is -0.461 e. The summed E-state index contributed by atoms with van der Waals surface area (Å²) in [4.78, 5) is 23.6. The Labute approximate surface area is 109 Å². The van der Waals surface area contributed by atoms with Crippen molar-refractivity contribution < 1.29 is 14.3 Å². The van der Waals surface area contributed by atoms with Crippen LogP contribution in [0.25, 0.3) is 17.7 Å². The number of cyclic esters (lactones) is 1. The van der Waals surface area contributed by atoms with E-state index in [1.165, 1.54) is 0 Å². The van der Waals surface area contributed by atoms with Crippen molar-refractivity contribution in [2.45, 2.75) is 6.42 Å². The van der Waals surface area contributed by atoms with Crippen LogP contribution in [-0.4, -0.2) is 18.4 Å². The molecule has 1 aliphatic heterocycles. The largest absolute Gasteiger partial charge is 0.461 e. The molecule has 0 spiro atoms. The standard InChI is InChI=1S/C16H10O3/c17-14-6-10-7-15(18)19-8-13(10)12-5-4-9-2-1-3-11(9)16(12)14/h1-6H,7-8H2. The lowest BCUT2D eigenvalue weighted by molar-refractivity contribution is -0.142. The normalized spacial score (nSPS) is 19.2. The summed E-state index contributed by atoms with van der Waals surface area (Å²) in [5.74, 6) is -0.277. The van der Waals surface area contributed by atoms with Crippen LogP contribution in [0.5, 0.6) is 0 Å². The van der Waals surface area contributed by atoms with Crippen molar-refractivity contribution in [3.8, 4) is 0 Å². The first kappa shape index (κ1) is 10.5. The van der Waals surface area contributed by atoms with Crippen LogP contribution in [0.3, 0.4) is 0 Å². The lowest BCUT2D eigenvalue weighted by Crippen LogP contribution is -2.32. The van der Waals surface area contributed by atoms with E-state index in [0.717, 1.165) is 32.7 Å². The van der Waals surface area contributed by atoms with Crippen molar-refractivity contribution >= 4 is 29.5 Å². The predicted molar refractivity (Wildman–Crippen MR) is 70.6 cm³/mol. The number of hydrogen-bond acceptors (Lipinski definition) is 3. The highest BCUT2D eigenvalue weighted by molar-refractivity contribution is 6.12. The van der Waals surface area contributed by atoms with Crippen LogP contribution in [0.4, 0.5) is 0 Å². The van der Waals surface area contributed by atoms with Gasteiger partial charge in [-0.3, -0.25) is 9.59 Å². The van der Waals surface area contributed by atoms with Crippen molar-refractivity contribution in [3.63, 3.8) is 0 Å². The maximum atomic E-state index is 12.3.